The molecule has 5 nitrogen and oxygen atoms in total. The predicted molar refractivity (Wildman–Crippen MR) is 89.9 cm³/mol. The van der Waals surface area contributed by atoms with Gasteiger partial charge in [-0.3, -0.25) is 0 Å². The second-order valence-electron chi connectivity index (χ2n) is 6.05. The largest absolute Gasteiger partial charge is 0.486 e. The van der Waals surface area contributed by atoms with Gasteiger partial charge in [0.2, 0.25) is 10.0 Å². The van der Waals surface area contributed by atoms with Crippen molar-refractivity contribution in [1.29, 1.82) is 0 Å². The van der Waals surface area contributed by atoms with Crippen molar-refractivity contribution < 1.29 is 17.9 Å². The molecule has 1 atom stereocenters. The fourth-order valence-electron chi connectivity index (χ4n) is 3.40. The number of sulfonamides is 1. The van der Waals surface area contributed by atoms with E-state index in [0.717, 1.165) is 12.0 Å². The maximum absolute atomic E-state index is 13.1. The first kappa shape index (κ1) is 15.5. The summed E-state index contributed by atoms with van der Waals surface area (Å²) < 4.78 is 38.8. The van der Waals surface area contributed by atoms with Crippen LogP contribution in [-0.2, 0) is 16.4 Å². The SMILES string of the molecule is CC1c2ccccc2CCN1S(=O)(=O)c1ccc2c(c1)OCCO2. The van der Waals surface area contributed by atoms with Crippen LogP contribution < -0.4 is 9.47 Å². The lowest BCUT2D eigenvalue weighted by molar-refractivity contribution is 0.171. The molecule has 0 saturated heterocycles. The lowest BCUT2D eigenvalue weighted by Crippen LogP contribution is -2.38. The topological polar surface area (TPSA) is 55.8 Å². The van der Waals surface area contributed by atoms with E-state index in [2.05, 4.69) is 6.07 Å². The molecular formula is C18H19NO4S. The summed E-state index contributed by atoms with van der Waals surface area (Å²) in [7, 11) is -3.59. The molecule has 24 heavy (non-hydrogen) atoms. The molecule has 2 aliphatic heterocycles. The fourth-order valence-corrected chi connectivity index (χ4v) is 5.03. The average molecular weight is 345 g/mol. The molecule has 0 aromatic heterocycles. The maximum atomic E-state index is 13.1. The van der Waals surface area contributed by atoms with Crippen molar-refractivity contribution in [3.05, 3.63) is 53.6 Å². The van der Waals surface area contributed by atoms with E-state index in [9.17, 15) is 8.42 Å². The normalized spacial score (nSPS) is 20.5. The van der Waals surface area contributed by atoms with Gasteiger partial charge in [-0.05, 0) is 36.6 Å². The van der Waals surface area contributed by atoms with Gasteiger partial charge in [0.25, 0.3) is 0 Å². The molecule has 126 valence electrons. The van der Waals surface area contributed by atoms with Crippen molar-refractivity contribution in [2.75, 3.05) is 19.8 Å². The van der Waals surface area contributed by atoms with Crippen LogP contribution >= 0.6 is 0 Å². The minimum atomic E-state index is -3.59. The van der Waals surface area contributed by atoms with Crippen molar-refractivity contribution in [2.45, 2.75) is 24.3 Å². The highest BCUT2D eigenvalue weighted by Gasteiger charge is 2.34. The molecule has 2 heterocycles. The van der Waals surface area contributed by atoms with E-state index in [4.69, 9.17) is 9.47 Å². The minimum absolute atomic E-state index is 0.187. The van der Waals surface area contributed by atoms with E-state index in [-0.39, 0.29) is 10.9 Å². The number of hydrogen-bond donors (Lipinski definition) is 0. The predicted octanol–water partition coefficient (Wildman–Crippen LogP) is 2.77. The number of benzene rings is 2. The first-order valence-electron chi connectivity index (χ1n) is 8.07. The molecule has 2 aliphatic rings. The van der Waals surface area contributed by atoms with Gasteiger partial charge in [-0.15, -0.1) is 0 Å². The van der Waals surface area contributed by atoms with Gasteiger partial charge in [0.05, 0.1) is 4.90 Å². The molecule has 0 bridgehead atoms. The standard InChI is InChI=1S/C18H19NO4S/c1-13-16-5-3-2-4-14(16)8-9-19(13)24(20,21)15-6-7-17-18(12-15)23-11-10-22-17/h2-7,12-13H,8-11H2,1H3. The van der Waals surface area contributed by atoms with Crippen LogP contribution in [0.15, 0.2) is 47.4 Å². The Morgan fingerprint density at radius 3 is 2.62 bits per heavy atom. The van der Waals surface area contributed by atoms with Crippen molar-refractivity contribution >= 4 is 10.0 Å². The summed E-state index contributed by atoms with van der Waals surface area (Å²) in [5.74, 6) is 1.09. The van der Waals surface area contributed by atoms with Crippen LogP contribution in [0.4, 0.5) is 0 Å². The zero-order chi connectivity index (χ0) is 16.7. The first-order valence-corrected chi connectivity index (χ1v) is 9.51. The Labute approximate surface area is 141 Å². The highest BCUT2D eigenvalue weighted by atomic mass is 32.2. The van der Waals surface area contributed by atoms with Crippen molar-refractivity contribution in [3.8, 4) is 11.5 Å². The Hall–Kier alpha value is -2.05. The molecule has 6 heteroatoms. The third-order valence-corrected chi connectivity index (χ3v) is 6.62. The number of fused-ring (bicyclic) bond motifs is 2. The van der Waals surface area contributed by atoms with E-state index in [1.165, 1.54) is 5.56 Å². The van der Waals surface area contributed by atoms with Gasteiger partial charge in [-0.1, -0.05) is 24.3 Å². The molecule has 1 unspecified atom stereocenters. The van der Waals surface area contributed by atoms with Crippen molar-refractivity contribution in [2.24, 2.45) is 0 Å². The monoisotopic (exact) mass is 345 g/mol. The van der Waals surface area contributed by atoms with E-state index < -0.39 is 10.0 Å². The van der Waals surface area contributed by atoms with Crippen LogP contribution in [0.5, 0.6) is 11.5 Å². The summed E-state index contributed by atoms with van der Waals surface area (Å²) in [6, 6.07) is 12.7. The molecule has 4 rings (SSSR count). The zero-order valence-electron chi connectivity index (χ0n) is 13.4. The third kappa shape index (κ3) is 2.46. The van der Waals surface area contributed by atoms with E-state index >= 15 is 0 Å². The highest BCUT2D eigenvalue weighted by molar-refractivity contribution is 7.89. The summed E-state index contributed by atoms with van der Waals surface area (Å²) >= 11 is 0. The Bertz CT molecular complexity index is 878. The summed E-state index contributed by atoms with van der Waals surface area (Å²) in [5, 5.41) is 0. The molecule has 0 radical (unpaired) electrons. The number of nitrogens with zero attached hydrogens (tertiary/aromatic N) is 1. The minimum Gasteiger partial charge on any atom is -0.486 e. The van der Waals surface area contributed by atoms with Crippen LogP contribution in [0.1, 0.15) is 24.1 Å². The Kier molecular flexibility index (Phi) is 3.73. The molecule has 0 fully saturated rings. The summed E-state index contributed by atoms with van der Waals surface area (Å²) in [5.41, 5.74) is 2.29. The van der Waals surface area contributed by atoms with Gasteiger partial charge in [0.1, 0.15) is 13.2 Å². The average Bonchev–Trinajstić information content (AvgIpc) is 2.61. The fraction of sp³-hybridized carbons (Fsp3) is 0.333. The van der Waals surface area contributed by atoms with Crippen molar-refractivity contribution in [3.63, 3.8) is 0 Å². The van der Waals surface area contributed by atoms with Crippen LogP contribution in [0.2, 0.25) is 0 Å². The lowest BCUT2D eigenvalue weighted by atomic mass is 9.96. The molecule has 2 aromatic rings. The quantitative estimate of drug-likeness (QED) is 0.840. The van der Waals surface area contributed by atoms with Gasteiger partial charge < -0.3 is 9.47 Å². The Balaban J connectivity index is 1.71. The van der Waals surface area contributed by atoms with Gasteiger partial charge in [-0.2, -0.15) is 4.31 Å². The number of hydrogen-bond acceptors (Lipinski definition) is 4. The van der Waals surface area contributed by atoms with Crippen LogP contribution in [-0.4, -0.2) is 32.5 Å². The molecule has 0 spiro atoms. The molecule has 0 N–H and O–H groups in total. The van der Waals surface area contributed by atoms with Gasteiger partial charge in [0, 0.05) is 18.7 Å². The van der Waals surface area contributed by atoms with Crippen LogP contribution in [0.3, 0.4) is 0 Å². The van der Waals surface area contributed by atoms with E-state index in [1.54, 1.807) is 22.5 Å². The van der Waals surface area contributed by atoms with Crippen molar-refractivity contribution in [1.82, 2.24) is 4.31 Å². The zero-order valence-corrected chi connectivity index (χ0v) is 14.3. The molecule has 0 aliphatic carbocycles. The second-order valence-corrected chi connectivity index (χ2v) is 7.94. The molecule has 0 amide bonds. The summed E-state index contributed by atoms with van der Waals surface area (Å²) in [6.45, 7) is 3.34. The Morgan fingerprint density at radius 2 is 1.79 bits per heavy atom. The molecular weight excluding hydrogens is 326 g/mol. The lowest BCUT2D eigenvalue weighted by Gasteiger charge is -2.34. The first-order chi connectivity index (χ1) is 11.6. The van der Waals surface area contributed by atoms with Crippen LogP contribution in [0.25, 0.3) is 0 Å². The maximum Gasteiger partial charge on any atom is 0.243 e. The van der Waals surface area contributed by atoms with E-state index in [0.29, 0.717) is 31.3 Å². The van der Waals surface area contributed by atoms with Crippen LogP contribution in [0, 0.1) is 0 Å². The van der Waals surface area contributed by atoms with Gasteiger partial charge in [0.15, 0.2) is 11.5 Å². The summed E-state index contributed by atoms with van der Waals surface area (Å²) in [6.07, 6.45) is 0.726. The Morgan fingerprint density at radius 1 is 1.04 bits per heavy atom. The summed E-state index contributed by atoms with van der Waals surface area (Å²) in [4.78, 5) is 0.248. The smallest absolute Gasteiger partial charge is 0.243 e. The third-order valence-electron chi connectivity index (χ3n) is 4.66. The molecule has 2 aromatic carbocycles. The second kappa shape index (κ2) is 5.79. The number of ether oxygens (including phenoxy) is 2. The van der Waals surface area contributed by atoms with Gasteiger partial charge in [-0.25, -0.2) is 8.42 Å². The van der Waals surface area contributed by atoms with E-state index in [1.807, 2.05) is 25.1 Å². The van der Waals surface area contributed by atoms with Gasteiger partial charge >= 0.3 is 0 Å². The highest BCUT2D eigenvalue weighted by Crippen LogP contribution is 2.37. The number of rotatable bonds is 2. The molecule has 0 saturated carbocycles.